The van der Waals surface area contributed by atoms with Crippen LogP contribution in [-0.2, 0) is 4.79 Å². The third-order valence-electron chi connectivity index (χ3n) is 4.10. The quantitative estimate of drug-likeness (QED) is 0.750. The Kier molecular flexibility index (Phi) is 5.97. The zero-order chi connectivity index (χ0) is 15.2. The largest absolute Gasteiger partial charge is 0.343 e. The third-order valence-corrected chi connectivity index (χ3v) is 4.63. The molecule has 0 aliphatic carbocycles. The van der Waals surface area contributed by atoms with Crippen molar-refractivity contribution in [2.24, 2.45) is 5.92 Å². The second-order valence-corrected chi connectivity index (χ2v) is 6.76. The summed E-state index contributed by atoms with van der Waals surface area (Å²) in [5.41, 5.74) is 0.720. The minimum atomic E-state index is 0.113. The average Bonchev–Trinajstić information content (AvgIpc) is 2.48. The van der Waals surface area contributed by atoms with Crippen molar-refractivity contribution in [3.05, 3.63) is 34.3 Å². The molecule has 0 radical (unpaired) electrons. The fraction of sp³-hybridized carbons (Fsp3) is 0.529. The van der Waals surface area contributed by atoms with Crippen LogP contribution in [0, 0.1) is 5.92 Å². The normalized spacial score (nSPS) is 16.0. The number of benzene rings is 1. The standard InChI is InChI=1S/C17H22BrNO2/c1-13-9-11-19(12-10-13)17(21)4-2-3-16(20)14-5-7-15(18)8-6-14/h5-8,13H,2-4,9-12H2,1H3. The molecule has 0 aromatic heterocycles. The molecule has 1 aromatic rings. The third kappa shape index (κ3) is 4.95. The molecular weight excluding hydrogens is 330 g/mol. The van der Waals surface area contributed by atoms with Gasteiger partial charge in [0.05, 0.1) is 0 Å². The number of ketones is 1. The highest BCUT2D eigenvalue weighted by Crippen LogP contribution is 2.18. The molecule has 1 aliphatic heterocycles. The summed E-state index contributed by atoms with van der Waals surface area (Å²) < 4.78 is 0.966. The molecule has 4 heteroatoms. The van der Waals surface area contributed by atoms with Crippen LogP contribution >= 0.6 is 15.9 Å². The summed E-state index contributed by atoms with van der Waals surface area (Å²) in [6, 6.07) is 7.38. The lowest BCUT2D eigenvalue weighted by Crippen LogP contribution is -2.37. The topological polar surface area (TPSA) is 37.4 Å². The Morgan fingerprint density at radius 2 is 1.76 bits per heavy atom. The van der Waals surface area contributed by atoms with Gasteiger partial charge in [0, 0.05) is 36.0 Å². The molecule has 0 N–H and O–H groups in total. The number of carbonyl (C=O) groups is 2. The lowest BCUT2D eigenvalue weighted by Gasteiger charge is -2.30. The Morgan fingerprint density at radius 3 is 2.38 bits per heavy atom. The van der Waals surface area contributed by atoms with Crippen LogP contribution in [0.15, 0.2) is 28.7 Å². The predicted octanol–water partition coefficient (Wildman–Crippen LogP) is 4.06. The maximum Gasteiger partial charge on any atom is 0.222 e. The number of nitrogens with zero attached hydrogens (tertiary/aromatic N) is 1. The van der Waals surface area contributed by atoms with E-state index in [1.54, 1.807) is 0 Å². The van der Waals surface area contributed by atoms with Crippen LogP contribution in [0.1, 0.15) is 49.4 Å². The molecular formula is C17H22BrNO2. The first kappa shape index (κ1) is 16.2. The maximum atomic E-state index is 12.1. The predicted molar refractivity (Wildman–Crippen MR) is 87.3 cm³/mol. The van der Waals surface area contributed by atoms with E-state index in [-0.39, 0.29) is 11.7 Å². The van der Waals surface area contributed by atoms with Gasteiger partial charge in [0.1, 0.15) is 0 Å². The van der Waals surface area contributed by atoms with Gasteiger partial charge in [-0.25, -0.2) is 0 Å². The number of amides is 1. The second kappa shape index (κ2) is 7.74. The molecule has 1 heterocycles. The Morgan fingerprint density at radius 1 is 1.14 bits per heavy atom. The Labute approximate surface area is 134 Å². The number of hydrogen-bond acceptors (Lipinski definition) is 2. The monoisotopic (exact) mass is 351 g/mol. The van der Waals surface area contributed by atoms with E-state index >= 15 is 0 Å². The molecule has 0 bridgehead atoms. The molecule has 1 aliphatic rings. The van der Waals surface area contributed by atoms with Crippen molar-refractivity contribution in [2.75, 3.05) is 13.1 Å². The molecule has 1 fully saturated rings. The molecule has 1 amide bonds. The molecule has 21 heavy (non-hydrogen) atoms. The maximum absolute atomic E-state index is 12.1. The summed E-state index contributed by atoms with van der Waals surface area (Å²) in [6.45, 7) is 3.99. The highest BCUT2D eigenvalue weighted by atomic mass is 79.9. The van der Waals surface area contributed by atoms with Gasteiger partial charge < -0.3 is 4.90 Å². The average molecular weight is 352 g/mol. The van der Waals surface area contributed by atoms with Gasteiger partial charge in [0.15, 0.2) is 5.78 Å². The van der Waals surface area contributed by atoms with Crippen LogP contribution in [0.5, 0.6) is 0 Å². The number of Topliss-reactive ketones (excluding diaryl/α,β-unsaturated/α-hetero) is 1. The van der Waals surface area contributed by atoms with Gasteiger partial charge in [-0.2, -0.15) is 0 Å². The summed E-state index contributed by atoms with van der Waals surface area (Å²) >= 11 is 3.35. The zero-order valence-corrected chi connectivity index (χ0v) is 14.1. The molecule has 0 unspecified atom stereocenters. The Bertz CT molecular complexity index is 490. The molecule has 3 nitrogen and oxygen atoms in total. The smallest absolute Gasteiger partial charge is 0.222 e. The van der Waals surface area contributed by atoms with Crippen molar-refractivity contribution in [3.8, 4) is 0 Å². The first-order valence-corrected chi connectivity index (χ1v) is 8.42. The van der Waals surface area contributed by atoms with Crippen molar-refractivity contribution in [1.29, 1.82) is 0 Å². The van der Waals surface area contributed by atoms with E-state index in [0.717, 1.165) is 41.9 Å². The van der Waals surface area contributed by atoms with Gasteiger partial charge in [-0.3, -0.25) is 9.59 Å². The summed E-state index contributed by atoms with van der Waals surface area (Å²) in [4.78, 5) is 26.0. The molecule has 0 atom stereocenters. The van der Waals surface area contributed by atoms with Crippen molar-refractivity contribution in [2.45, 2.75) is 39.0 Å². The number of likely N-dealkylation sites (tertiary alicyclic amines) is 1. The van der Waals surface area contributed by atoms with Crippen LogP contribution < -0.4 is 0 Å². The van der Waals surface area contributed by atoms with Crippen molar-refractivity contribution in [1.82, 2.24) is 4.90 Å². The van der Waals surface area contributed by atoms with E-state index in [4.69, 9.17) is 0 Å². The molecule has 1 saturated heterocycles. The number of carbonyl (C=O) groups excluding carboxylic acids is 2. The number of rotatable bonds is 5. The van der Waals surface area contributed by atoms with E-state index in [2.05, 4.69) is 22.9 Å². The van der Waals surface area contributed by atoms with Gasteiger partial charge in [0.25, 0.3) is 0 Å². The Balaban J connectivity index is 1.72. The zero-order valence-electron chi connectivity index (χ0n) is 12.5. The van der Waals surface area contributed by atoms with Gasteiger partial charge in [0.2, 0.25) is 5.91 Å². The van der Waals surface area contributed by atoms with Crippen LogP contribution in [0.3, 0.4) is 0 Å². The first-order valence-electron chi connectivity index (χ1n) is 7.63. The fourth-order valence-corrected chi connectivity index (χ4v) is 2.86. The second-order valence-electron chi connectivity index (χ2n) is 5.85. The summed E-state index contributed by atoms with van der Waals surface area (Å²) in [6.07, 6.45) is 3.77. The van der Waals surface area contributed by atoms with Gasteiger partial charge in [-0.15, -0.1) is 0 Å². The molecule has 1 aromatic carbocycles. The van der Waals surface area contributed by atoms with Crippen LogP contribution in [0.25, 0.3) is 0 Å². The van der Waals surface area contributed by atoms with Crippen molar-refractivity contribution in [3.63, 3.8) is 0 Å². The summed E-state index contributed by atoms with van der Waals surface area (Å²) in [5.74, 6) is 1.04. The van der Waals surface area contributed by atoms with Gasteiger partial charge in [-0.05, 0) is 37.3 Å². The molecule has 0 saturated carbocycles. The fourth-order valence-electron chi connectivity index (χ4n) is 2.60. The minimum absolute atomic E-state index is 0.113. The molecule has 2 rings (SSSR count). The van der Waals surface area contributed by atoms with Crippen molar-refractivity contribution < 1.29 is 9.59 Å². The van der Waals surface area contributed by atoms with E-state index in [9.17, 15) is 9.59 Å². The van der Waals surface area contributed by atoms with E-state index in [1.807, 2.05) is 29.2 Å². The van der Waals surface area contributed by atoms with Gasteiger partial charge >= 0.3 is 0 Å². The molecule has 114 valence electrons. The number of halogens is 1. The summed E-state index contributed by atoms with van der Waals surface area (Å²) in [7, 11) is 0. The lowest BCUT2D eigenvalue weighted by molar-refractivity contribution is -0.132. The van der Waals surface area contributed by atoms with E-state index < -0.39 is 0 Å². The Hall–Kier alpha value is -1.16. The first-order chi connectivity index (χ1) is 10.1. The molecule has 0 spiro atoms. The summed E-state index contributed by atoms with van der Waals surface area (Å²) in [5, 5.41) is 0. The van der Waals surface area contributed by atoms with E-state index in [1.165, 1.54) is 0 Å². The SMILES string of the molecule is CC1CCN(C(=O)CCCC(=O)c2ccc(Br)cc2)CC1. The minimum Gasteiger partial charge on any atom is -0.343 e. The van der Waals surface area contributed by atoms with Crippen LogP contribution in [0.4, 0.5) is 0 Å². The van der Waals surface area contributed by atoms with E-state index in [0.29, 0.717) is 19.3 Å². The lowest BCUT2D eigenvalue weighted by atomic mass is 9.98. The highest BCUT2D eigenvalue weighted by Gasteiger charge is 2.20. The van der Waals surface area contributed by atoms with Crippen LogP contribution in [0.2, 0.25) is 0 Å². The van der Waals surface area contributed by atoms with Crippen LogP contribution in [-0.4, -0.2) is 29.7 Å². The van der Waals surface area contributed by atoms with Crippen molar-refractivity contribution >= 4 is 27.6 Å². The van der Waals surface area contributed by atoms with Gasteiger partial charge in [-0.1, -0.05) is 35.0 Å². The number of hydrogen-bond donors (Lipinski definition) is 0. The highest BCUT2D eigenvalue weighted by molar-refractivity contribution is 9.10. The number of piperidine rings is 1.